The highest BCUT2D eigenvalue weighted by molar-refractivity contribution is 7.09. The number of carbonyl (C=O) groups is 1. The summed E-state index contributed by atoms with van der Waals surface area (Å²) < 4.78 is 5.12. The lowest BCUT2D eigenvalue weighted by molar-refractivity contribution is -0.149. The summed E-state index contributed by atoms with van der Waals surface area (Å²) in [7, 11) is 1.79. The van der Waals surface area contributed by atoms with Gasteiger partial charge in [-0.05, 0) is 19.8 Å². The fourth-order valence-corrected chi connectivity index (χ4v) is 3.59. The quantitative estimate of drug-likeness (QED) is 0.501. The molecule has 1 aliphatic heterocycles. The number of hydrogen-bond donors (Lipinski definition) is 1. The Morgan fingerprint density at radius 2 is 2.21 bits per heavy atom. The van der Waals surface area contributed by atoms with Crippen molar-refractivity contribution >= 4 is 23.3 Å². The number of rotatable bonds is 5. The molecule has 0 aliphatic carbocycles. The van der Waals surface area contributed by atoms with Gasteiger partial charge in [0, 0.05) is 31.4 Å². The minimum atomic E-state index is -0.0659. The zero-order valence-electron chi connectivity index (χ0n) is 15.0. The molecule has 1 N–H and O–H groups in total. The van der Waals surface area contributed by atoms with E-state index in [2.05, 4.69) is 39.4 Å². The Labute approximate surface area is 148 Å². The van der Waals surface area contributed by atoms with Crippen LogP contribution in [0, 0.1) is 5.92 Å². The SMILES string of the molecule is CCOC(=O)C1CCN(C(=NC)NCc2csc(C(C)C)n2)CC1. The number of carbonyl (C=O) groups excluding carboxylic acids is 1. The van der Waals surface area contributed by atoms with Crippen molar-refractivity contribution in [2.75, 3.05) is 26.7 Å². The first-order chi connectivity index (χ1) is 11.5. The zero-order chi connectivity index (χ0) is 17.5. The molecule has 0 unspecified atom stereocenters. The van der Waals surface area contributed by atoms with Crippen molar-refractivity contribution in [1.29, 1.82) is 0 Å². The predicted octanol–water partition coefficient (Wildman–Crippen LogP) is 2.62. The number of ether oxygens (including phenoxy) is 1. The van der Waals surface area contributed by atoms with Crippen LogP contribution in [0.2, 0.25) is 0 Å². The summed E-state index contributed by atoms with van der Waals surface area (Å²) in [6.07, 6.45) is 1.63. The van der Waals surface area contributed by atoms with Gasteiger partial charge in [-0.1, -0.05) is 13.8 Å². The zero-order valence-corrected chi connectivity index (χ0v) is 15.9. The third kappa shape index (κ3) is 4.93. The van der Waals surface area contributed by atoms with Crippen LogP contribution in [0.1, 0.15) is 50.2 Å². The lowest BCUT2D eigenvalue weighted by Gasteiger charge is -2.33. The number of aromatic nitrogens is 1. The van der Waals surface area contributed by atoms with Crippen molar-refractivity contribution < 1.29 is 9.53 Å². The number of likely N-dealkylation sites (tertiary alicyclic amines) is 1. The van der Waals surface area contributed by atoms with Gasteiger partial charge in [0.15, 0.2) is 5.96 Å². The molecule has 1 aliphatic rings. The molecule has 0 bridgehead atoms. The average molecular weight is 353 g/mol. The van der Waals surface area contributed by atoms with Crippen LogP contribution in [0.4, 0.5) is 0 Å². The Morgan fingerprint density at radius 1 is 1.50 bits per heavy atom. The number of aliphatic imine (C=N–C) groups is 1. The number of esters is 1. The molecule has 1 saturated heterocycles. The molecule has 0 spiro atoms. The van der Waals surface area contributed by atoms with Crippen molar-refractivity contribution in [3.05, 3.63) is 16.1 Å². The van der Waals surface area contributed by atoms with Crippen molar-refractivity contribution in [3.8, 4) is 0 Å². The monoisotopic (exact) mass is 352 g/mol. The van der Waals surface area contributed by atoms with Gasteiger partial charge in [-0.15, -0.1) is 11.3 Å². The van der Waals surface area contributed by atoms with Gasteiger partial charge in [0.1, 0.15) is 0 Å². The van der Waals surface area contributed by atoms with Crippen LogP contribution in [0.15, 0.2) is 10.4 Å². The molecule has 1 aromatic heterocycles. The van der Waals surface area contributed by atoms with Crippen molar-refractivity contribution in [2.24, 2.45) is 10.9 Å². The largest absolute Gasteiger partial charge is 0.466 e. The van der Waals surface area contributed by atoms with E-state index in [1.165, 1.54) is 0 Å². The first kappa shape index (κ1) is 18.7. The molecule has 0 aromatic carbocycles. The van der Waals surface area contributed by atoms with Crippen LogP contribution >= 0.6 is 11.3 Å². The Hall–Kier alpha value is -1.63. The fraction of sp³-hybridized carbons (Fsp3) is 0.706. The highest BCUT2D eigenvalue weighted by Crippen LogP contribution is 2.20. The fourth-order valence-electron chi connectivity index (χ4n) is 2.76. The third-order valence-electron chi connectivity index (χ3n) is 4.12. The first-order valence-corrected chi connectivity index (χ1v) is 9.49. The van der Waals surface area contributed by atoms with Gasteiger partial charge < -0.3 is 15.0 Å². The maximum atomic E-state index is 11.8. The van der Waals surface area contributed by atoms with Crippen LogP contribution < -0.4 is 5.32 Å². The second-order valence-electron chi connectivity index (χ2n) is 6.25. The van der Waals surface area contributed by atoms with Gasteiger partial charge >= 0.3 is 5.97 Å². The number of guanidine groups is 1. The van der Waals surface area contributed by atoms with Gasteiger partial charge in [0.25, 0.3) is 0 Å². The van der Waals surface area contributed by atoms with Gasteiger partial charge in [0.05, 0.1) is 29.8 Å². The third-order valence-corrected chi connectivity index (χ3v) is 5.31. The summed E-state index contributed by atoms with van der Waals surface area (Å²) in [5, 5.41) is 6.64. The molecule has 0 saturated carbocycles. The summed E-state index contributed by atoms with van der Waals surface area (Å²) in [5.41, 5.74) is 1.05. The van der Waals surface area contributed by atoms with Gasteiger partial charge in [-0.25, -0.2) is 4.98 Å². The molecular weight excluding hydrogens is 324 g/mol. The van der Waals surface area contributed by atoms with E-state index in [0.29, 0.717) is 19.1 Å². The molecule has 2 heterocycles. The Kier molecular flexibility index (Phi) is 7.02. The smallest absolute Gasteiger partial charge is 0.309 e. The molecule has 7 heteroatoms. The number of nitrogens with zero attached hydrogens (tertiary/aromatic N) is 3. The molecule has 0 radical (unpaired) electrons. The summed E-state index contributed by atoms with van der Waals surface area (Å²) in [4.78, 5) is 23.0. The van der Waals surface area contributed by atoms with E-state index in [9.17, 15) is 4.79 Å². The number of hydrogen-bond acceptors (Lipinski definition) is 5. The van der Waals surface area contributed by atoms with E-state index in [4.69, 9.17) is 4.74 Å². The topological polar surface area (TPSA) is 66.8 Å². The summed E-state index contributed by atoms with van der Waals surface area (Å²) in [5.74, 6) is 1.29. The molecule has 0 atom stereocenters. The minimum Gasteiger partial charge on any atom is -0.466 e. The lowest BCUT2D eigenvalue weighted by atomic mass is 9.97. The summed E-state index contributed by atoms with van der Waals surface area (Å²) >= 11 is 1.70. The van der Waals surface area contributed by atoms with Crippen LogP contribution in [0.5, 0.6) is 0 Å². The highest BCUT2D eigenvalue weighted by atomic mass is 32.1. The number of nitrogens with one attached hydrogen (secondary N) is 1. The van der Waals surface area contributed by atoms with E-state index in [1.54, 1.807) is 18.4 Å². The van der Waals surface area contributed by atoms with Gasteiger partial charge in [0.2, 0.25) is 0 Å². The van der Waals surface area contributed by atoms with E-state index in [1.807, 2.05) is 6.92 Å². The Morgan fingerprint density at radius 3 is 2.75 bits per heavy atom. The van der Waals surface area contributed by atoms with Crippen LogP contribution in [0.25, 0.3) is 0 Å². The average Bonchev–Trinajstić information content (AvgIpc) is 3.05. The Bertz CT molecular complexity index is 563. The second kappa shape index (κ2) is 9.01. The summed E-state index contributed by atoms with van der Waals surface area (Å²) in [6.45, 7) is 8.92. The molecular formula is C17H28N4O2S. The standard InChI is InChI=1S/C17H28N4O2S/c1-5-23-16(22)13-6-8-21(9-7-13)17(18-4)19-10-14-11-24-15(20-14)12(2)3/h11-13H,5-10H2,1-4H3,(H,18,19). The van der Waals surface area contributed by atoms with Crippen molar-refractivity contribution in [2.45, 2.75) is 46.1 Å². The molecule has 1 aromatic rings. The normalized spacial score (nSPS) is 16.5. The van der Waals surface area contributed by atoms with E-state index in [-0.39, 0.29) is 11.9 Å². The van der Waals surface area contributed by atoms with Crippen LogP contribution in [-0.4, -0.2) is 48.6 Å². The molecule has 2 rings (SSSR count). The second-order valence-corrected chi connectivity index (χ2v) is 7.14. The van der Waals surface area contributed by atoms with Crippen LogP contribution in [-0.2, 0) is 16.1 Å². The van der Waals surface area contributed by atoms with Crippen molar-refractivity contribution in [1.82, 2.24) is 15.2 Å². The maximum Gasteiger partial charge on any atom is 0.309 e. The molecule has 0 amide bonds. The highest BCUT2D eigenvalue weighted by Gasteiger charge is 2.27. The Balaban J connectivity index is 1.83. The minimum absolute atomic E-state index is 0.0199. The number of thiazole rings is 1. The van der Waals surface area contributed by atoms with Gasteiger partial charge in [-0.2, -0.15) is 0 Å². The maximum absolute atomic E-state index is 11.8. The van der Waals surface area contributed by atoms with E-state index >= 15 is 0 Å². The van der Waals surface area contributed by atoms with E-state index < -0.39 is 0 Å². The van der Waals surface area contributed by atoms with E-state index in [0.717, 1.165) is 42.6 Å². The number of piperidine rings is 1. The van der Waals surface area contributed by atoms with Crippen LogP contribution in [0.3, 0.4) is 0 Å². The molecule has 24 heavy (non-hydrogen) atoms. The predicted molar refractivity (Wildman–Crippen MR) is 97.3 cm³/mol. The molecule has 1 fully saturated rings. The van der Waals surface area contributed by atoms with Gasteiger partial charge in [-0.3, -0.25) is 9.79 Å². The van der Waals surface area contributed by atoms with Crippen molar-refractivity contribution in [3.63, 3.8) is 0 Å². The summed E-state index contributed by atoms with van der Waals surface area (Å²) in [6, 6.07) is 0. The first-order valence-electron chi connectivity index (χ1n) is 8.61. The lowest BCUT2D eigenvalue weighted by Crippen LogP contribution is -2.46. The molecule has 6 nitrogen and oxygen atoms in total. The molecule has 134 valence electrons.